The molecule has 0 aliphatic rings. The second-order valence-electron chi connectivity index (χ2n) is 3.31. The fourth-order valence-electron chi connectivity index (χ4n) is 1.38. The molecule has 0 aliphatic carbocycles. The van der Waals surface area contributed by atoms with E-state index in [9.17, 15) is 8.78 Å². The molecule has 84 valence electrons. The molecule has 0 spiro atoms. The number of halogens is 2. The first kappa shape index (κ1) is 11.2. The first-order chi connectivity index (χ1) is 7.69. The number of hydrogen-bond donors (Lipinski definition) is 1. The molecule has 1 aromatic carbocycles. The van der Waals surface area contributed by atoms with Crippen LogP contribution >= 0.6 is 11.3 Å². The first-order valence-electron chi connectivity index (χ1n) is 4.74. The van der Waals surface area contributed by atoms with Crippen LogP contribution in [-0.2, 0) is 6.54 Å². The van der Waals surface area contributed by atoms with Gasteiger partial charge in [-0.2, -0.15) is 0 Å². The molecular formula is C11H10F2N2S. The van der Waals surface area contributed by atoms with Gasteiger partial charge in [-0.3, -0.25) is 0 Å². The molecule has 1 aromatic heterocycles. The van der Waals surface area contributed by atoms with Gasteiger partial charge in [-0.25, -0.2) is 13.8 Å². The summed E-state index contributed by atoms with van der Waals surface area (Å²) in [5.74, 6) is -1.17. The van der Waals surface area contributed by atoms with E-state index in [0.29, 0.717) is 17.8 Å². The van der Waals surface area contributed by atoms with E-state index in [4.69, 9.17) is 0 Å². The summed E-state index contributed by atoms with van der Waals surface area (Å²) in [5.41, 5.74) is 1.07. The van der Waals surface area contributed by atoms with Crippen molar-refractivity contribution < 1.29 is 8.78 Å². The summed E-state index contributed by atoms with van der Waals surface area (Å²) < 4.78 is 26.0. The summed E-state index contributed by atoms with van der Waals surface area (Å²) in [6.07, 6.45) is 0. The highest BCUT2D eigenvalue weighted by Gasteiger charge is 2.07. The first-order valence-corrected chi connectivity index (χ1v) is 5.62. The quantitative estimate of drug-likeness (QED) is 0.892. The highest BCUT2D eigenvalue weighted by Crippen LogP contribution is 2.23. The zero-order valence-corrected chi connectivity index (χ0v) is 9.44. The van der Waals surface area contributed by atoms with Gasteiger partial charge in [0.05, 0.1) is 5.69 Å². The minimum atomic E-state index is -0.585. The van der Waals surface area contributed by atoms with Crippen molar-refractivity contribution in [3.05, 3.63) is 40.2 Å². The van der Waals surface area contributed by atoms with Crippen LogP contribution in [0.25, 0.3) is 11.3 Å². The molecule has 0 aliphatic heterocycles. The zero-order chi connectivity index (χ0) is 11.5. The van der Waals surface area contributed by atoms with Crippen LogP contribution in [0.1, 0.15) is 5.01 Å². The van der Waals surface area contributed by atoms with Crippen LogP contribution in [0, 0.1) is 11.6 Å². The van der Waals surface area contributed by atoms with Crippen LogP contribution in [0.2, 0.25) is 0 Å². The number of nitrogens with one attached hydrogen (secondary N) is 1. The topological polar surface area (TPSA) is 24.9 Å². The van der Waals surface area contributed by atoms with Crippen molar-refractivity contribution in [2.75, 3.05) is 7.05 Å². The molecule has 0 atom stereocenters. The molecule has 2 aromatic rings. The third-order valence-electron chi connectivity index (χ3n) is 2.04. The average Bonchev–Trinajstić information content (AvgIpc) is 2.65. The van der Waals surface area contributed by atoms with Gasteiger partial charge in [-0.05, 0) is 19.2 Å². The number of thiazole rings is 1. The van der Waals surface area contributed by atoms with E-state index in [-0.39, 0.29) is 0 Å². The highest BCUT2D eigenvalue weighted by atomic mass is 32.1. The average molecular weight is 240 g/mol. The number of benzene rings is 1. The van der Waals surface area contributed by atoms with Crippen molar-refractivity contribution in [2.24, 2.45) is 0 Å². The molecule has 0 unspecified atom stereocenters. The number of aromatic nitrogens is 1. The Morgan fingerprint density at radius 3 is 2.56 bits per heavy atom. The molecule has 0 fully saturated rings. The van der Waals surface area contributed by atoms with Crippen molar-refractivity contribution in [1.82, 2.24) is 10.3 Å². The Morgan fingerprint density at radius 1 is 1.25 bits per heavy atom. The van der Waals surface area contributed by atoms with Gasteiger partial charge in [0.2, 0.25) is 0 Å². The Bertz CT molecular complexity index is 476. The van der Waals surface area contributed by atoms with Crippen molar-refractivity contribution >= 4 is 11.3 Å². The van der Waals surface area contributed by atoms with Crippen molar-refractivity contribution in [3.8, 4) is 11.3 Å². The largest absolute Gasteiger partial charge is 0.314 e. The molecule has 1 heterocycles. The highest BCUT2D eigenvalue weighted by molar-refractivity contribution is 7.09. The standard InChI is InChI=1S/C11H10F2N2S/c1-14-5-11-15-10(6-16-11)7-2-8(12)4-9(13)3-7/h2-4,6,14H,5H2,1H3. The van der Waals surface area contributed by atoms with Crippen LogP contribution in [-0.4, -0.2) is 12.0 Å². The molecule has 5 heteroatoms. The number of hydrogen-bond acceptors (Lipinski definition) is 3. The van der Waals surface area contributed by atoms with Crippen molar-refractivity contribution in [1.29, 1.82) is 0 Å². The Hall–Kier alpha value is -1.33. The number of rotatable bonds is 3. The Morgan fingerprint density at radius 2 is 1.94 bits per heavy atom. The molecule has 2 nitrogen and oxygen atoms in total. The predicted molar refractivity (Wildman–Crippen MR) is 60.2 cm³/mol. The van der Waals surface area contributed by atoms with E-state index < -0.39 is 11.6 Å². The molecule has 0 bridgehead atoms. The second-order valence-corrected chi connectivity index (χ2v) is 4.26. The smallest absolute Gasteiger partial charge is 0.126 e. The van der Waals surface area contributed by atoms with Crippen molar-refractivity contribution in [3.63, 3.8) is 0 Å². The molecule has 0 amide bonds. The summed E-state index contributed by atoms with van der Waals surface area (Å²) >= 11 is 1.46. The molecular weight excluding hydrogens is 230 g/mol. The third kappa shape index (κ3) is 2.43. The summed E-state index contributed by atoms with van der Waals surface area (Å²) in [4.78, 5) is 4.28. The van der Waals surface area contributed by atoms with Gasteiger partial charge in [0, 0.05) is 23.6 Å². The van der Waals surface area contributed by atoms with E-state index in [0.717, 1.165) is 11.1 Å². The number of nitrogens with zero attached hydrogens (tertiary/aromatic N) is 1. The molecule has 0 saturated heterocycles. The molecule has 1 N–H and O–H groups in total. The van der Waals surface area contributed by atoms with Gasteiger partial charge in [0.1, 0.15) is 16.6 Å². The van der Waals surface area contributed by atoms with Gasteiger partial charge < -0.3 is 5.32 Å². The van der Waals surface area contributed by atoms with Gasteiger partial charge in [-0.1, -0.05) is 0 Å². The third-order valence-corrected chi connectivity index (χ3v) is 2.89. The maximum Gasteiger partial charge on any atom is 0.126 e. The van der Waals surface area contributed by atoms with E-state index in [1.165, 1.54) is 23.5 Å². The summed E-state index contributed by atoms with van der Waals surface area (Å²) in [5, 5.41) is 5.65. The van der Waals surface area contributed by atoms with Crippen LogP contribution in [0.3, 0.4) is 0 Å². The van der Waals surface area contributed by atoms with Gasteiger partial charge in [0.25, 0.3) is 0 Å². The van der Waals surface area contributed by atoms with Gasteiger partial charge in [0.15, 0.2) is 0 Å². The lowest BCUT2D eigenvalue weighted by Crippen LogP contribution is -2.04. The van der Waals surface area contributed by atoms with E-state index in [1.807, 2.05) is 7.05 Å². The maximum absolute atomic E-state index is 13.0. The van der Waals surface area contributed by atoms with E-state index in [1.54, 1.807) is 5.38 Å². The molecule has 2 rings (SSSR count). The Balaban J connectivity index is 2.34. The second kappa shape index (κ2) is 4.67. The summed E-state index contributed by atoms with van der Waals surface area (Å²) in [6.45, 7) is 0.655. The minimum Gasteiger partial charge on any atom is -0.314 e. The van der Waals surface area contributed by atoms with Crippen LogP contribution < -0.4 is 5.32 Å². The lowest BCUT2D eigenvalue weighted by atomic mass is 10.1. The maximum atomic E-state index is 13.0. The van der Waals surface area contributed by atoms with E-state index >= 15 is 0 Å². The Labute approximate surface area is 96.0 Å². The molecule has 16 heavy (non-hydrogen) atoms. The zero-order valence-electron chi connectivity index (χ0n) is 8.63. The lowest BCUT2D eigenvalue weighted by molar-refractivity contribution is 0.584. The summed E-state index contributed by atoms with van der Waals surface area (Å²) in [6, 6.07) is 3.41. The Kier molecular flexibility index (Phi) is 3.26. The fourth-order valence-corrected chi connectivity index (χ4v) is 2.19. The van der Waals surface area contributed by atoms with Crippen LogP contribution in [0.15, 0.2) is 23.6 Å². The van der Waals surface area contributed by atoms with Crippen molar-refractivity contribution in [2.45, 2.75) is 6.54 Å². The SMILES string of the molecule is CNCc1nc(-c2cc(F)cc(F)c2)cs1. The normalized spacial score (nSPS) is 10.7. The molecule has 0 radical (unpaired) electrons. The predicted octanol–water partition coefficient (Wildman–Crippen LogP) is 2.81. The lowest BCUT2D eigenvalue weighted by Gasteiger charge is -1.97. The fraction of sp³-hybridized carbons (Fsp3) is 0.182. The summed E-state index contributed by atoms with van der Waals surface area (Å²) in [7, 11) is 1.82. The van der Waals surface area contributed by atoms with Crippen LogP contribution in [0.5, 0.6) is 0 Å². The monoisotopic (exact) mass is 240 g/mol. The van der Waals surface area contributed by atoms with E-state index in [2.05, 4.69) is 10.3 Å². The minimum absolute atomic E-state index is 0.469. The van der Waals surface area contributed by atoms with Gasteiger partial charge >= 0.3 is 0 Å². The van der Waals surface area contributed by atoms with Crippen LogP contribution in [0.4, 0.5) is 8.78 Å². The molecule has 0 saturated carbocycles. The van der Waals surface area contributed by atoms with Gasteiger partial charge in [-0.15, -0.1) is 11.3 Å².